The third-order valence-electron chi connectivity index (χ3n) is 4.61. The van der Waals surface area contributed by atoms with Gasteiger partial charge in [-0.3, -0.25) is 4.72 Å². The van der Waals surface area contributed by atoms with E-state index in [1.807, 2.05) is 13.8 Å². The number of hydrogen-bond donors (Lipinski definition) is 1. The van der Waals surface area contributed by atoms with E-state index in [1.54, 1.807) is 6.92 Å². The van der Waals surface area contributed by atoms with Crippen LogP contribution in [-0.4, -0.2) is 45.4 Å². The standard InChI is InChI=1S/C19H28N2O6S2/c1-5-7-11-28(23,24)20-15-9-10-17-16(13-15)18(19(22)27-4)14(3)21(17)29(25,26)12-8-6-2/h9-10,13,20H,5-8,11-12H2,1-4H3. The summed E-state index contributed by atoms with van der Waals surface area (Å²) in [7, 11) is -6.01. The number of aromatic nitrogens is 1. The van der Waals surface area contributed by atoms with Crippen molar-refractivity contribution < 1.29 is 26.4 Å². The molecule has 0 aliphatic carbocycles. The van der Waals surface area contributed by atoms with Crippen molar-refractivity contribution in [1.82, 2.24) is 3.97 Å². The van der Waals surface area contributed by atoms with Crippen LogP contribution >= 0.6 is 0 Å². The SMILES string of the molecule is CCCCS(=O)(=O)Nc1ccc2c(c1)c(C(=O)OC)c(C)n2S(=O)(=O)CCCC. The molecule has 0 aliphatic heterocycles. The van der Waals surface area contributed by atoms with Gasteiger partial charge in [-0.15, -0.1) is 0 Å². The predicted molar refractivity (Wildman–Crippen MR) is 114 cm³/mol. The first-order valence-corrected chi connectivity index (χ1v) is 12.8. The minimum atomic E-state index is -3.69. The number of nitrogens with one attached hydrogen (secondary N) is 1. The molecule has 0 atom stereocenters. The average molecular weight is 445 g/mol. The Morgan fingerprint density at radius 1 is 1.07 bits per heavy atom. The predicted octanol–water partition coefficient (Wildman–Crippen LogP) is 3.26. The molecule has 2 rings (SSSR count). The minimum absolute atomic E-state index is 0.0170. The van der Waals surface area contributed by atoms with Crippen molar-refractivity contribution in [2.75, 3.05) is 23.3 Å². The lowest BCUT2D eigenvalue weighted by Crippen LogP contribution is -2.18. The fourth-order valence-electron chi connectivity index (χ4n) is 3.16. The van der Waals surface area contributed by atoms with E-state index in [0.717, 1.165) is 10.4 Å². The summed E-state index contributed by atoms with van der Waals surface area (Å²) in [6, 6.07) is 4.48. The molecular formula is C19H28N2O6S2. The van der Waals surface area contributed by atoms with E-state index in [0.29, 0.717) is 30.2 Å². The number of methoxy groups -OCH3 is 1. The Morgan fingerprint density at radius 2 is 1.69 bits per heavy atom. The van der Waals surface area contributed by atoms with Crippen molar-refractivity contribution >= 4 is 42.6 Å². The quantitative estimate of drug-likeness (QED) is 0.563. The molecule has 1 aromatic heterocycles. The van der Waals surface area contributed by atoms with Crippen LogP contribution in [0.25, 0.3) is 10.9 Å². The van der Waals surface area contributed by atoms with Gasteiger partial charge in [0.05, 0.1) is 29.7 Å². The summed E-state index contributed by atoms with van der Waals surface area (Å²) in [4.78, 5) is 12.4. The van der Waals surface area contributed by atoms with Gasteiger partial charge in [0.15, 0.2) is 0 Å². The number of benzene rings is 1. The summed E-state index contributed by atoms with van der Waals surface area (Å²) >= 11 is 0. The number of nitrogens with zero attached hydrogens (tertiary/aromatic N) is 1. The second kappa shape index (κ2) is 9.17. The molecular weight excluding hydrogens is 416 g/mol. The van der Waals surface area contributed by atoms with Crippen LogP contribution in [0.1, 0.15) is 55.6 Å². The van der Waals surface area contributed by atoms with E-state index < -0.39 is 26.0 Å². The van der Waals surface area contributed by atoms with Crippen LogP contribution in [0, 0.1) is 6.92 Å². The molecule has 1 N–H and O–H groups in total. The fourth-order valence-corrected chi connectivity index (χ4v) is 6.22. The maximum Gasteiger partial charge on any atom is 0.340 e. The Kier molecular flexibility index (Phi) is 7.34. The van der Waals surface area contributed by atoms with Crippen molar-refractivity contribution in [3.05, 3.63) is 29.5 Å². The zero-order valence-corrected chi connectivity index (χ0v) is 18.8. The van der Waals surface area contributed by atoms with E-state index in [4.69, 9.17) is 4.74 Å². The highest BCUT2D eigenvalue weighted by molar-refractivity contribution is 7.92. The smallest absolute Gasteiger partial charge is 0.340 e. The molecule has 0 aliphatic rings. The lowest BCUT2D eigenvalue weighted by atomic mass is 10.1. The van der Waals surface area contributed by atoms with Gasteiger partial charge in [-0.05, 0) is 38.0 Å². The molecule has 0 saturated heterocycles. The maximum atomic E-state index is 12.9. The van der Waals surface area contributed by atoms with Gasteiger partial charge in [-0.1, -0.05) is 26.7 Å². The van der Waals surface area contributed by atoms with Gasteiger partial charge in [0.2, 0.25) is 20.0 Å². The minimum Gasteiger partial charge on any atom is -0.465 e. The Labute approximate surface area is 172 Å². The van der Waals surface area contributed by atoms with Crippen LogP contribution in [0.3, 0.4) is 0 Å². The van der Waals surface area contributed by atoms with Crippen LogP contribution in [0.15, 0.2) is 18.2 Å². The number of rotatable bonds is 10. The Morgan fingerprint density at radius 3 is 2.28 bits per heavy atom. The van der Waals surface area contributed by atoms with Gasteiger partial charge < -0.3 is 4.74 Å². The number of unbranched alkanes of at least 4 members (excludes halogenated alkanes) is 2. The summed E-state index contributed by atoms with van der Waals surface area (Å²) in [6.07, 6.45) is 2.47. The van der Waals surface area contributed by atoms with E-state index in [-0.39, 0.29) is 28.5 Å². The molecule has 1 heterocycles. The Hall–Kier alpha value is -2.07. The number of anilines is 1. The first-order valence-electron chi connectivity index (χ1n) is 9.55. The highest BCUT2D eigenvalue weighted by Gasteiger charge is 2.27. The molecule has 0 fully saturated rings. The van der Waals surface area contributed by atoms with Crippen LogP contribution < -0.4 is 4.72 Å². The number of hydrogen-bond acceptors (Lipinski definition) is 6. The van der Waals surface area contributed by atoms with Crippen molar-refractivity contribution in [1.29, 1.82) is 0 Å². The molecule has 0 saturated carbocycles. The third-order valence-corrected chi connectivity index (χ3v) is 7.82. The number of esters is 1. The van der Waals surface area contributed by atoms with Crippen LogP contribution in [0.4, 0.5) is 5.69 Å². The van der Waals surface area contributed by atoms with Crippen molar-refractivity contribution in [2.45, 2.75) is 46.5 Å². The molecule has 0 amide bonds. The Balaban J connectivity index is 2.65. The lowest BCUT2D eigenvalue weighted by molar-refractivity contribution is 0.0602. The van der Waals surface area contributed by atoms with Gasteiger partial charge in [-0.25, -0.2) is 25.6 Å². The number of carbonyl (C=O) groups excluding carboxylic acids is 1. The Bertz CT molecular complexity index is 1100. The third kappa shape index (κ3) is 5.11. The summed E-state index contributed by atoms with van der Waals surface area (Å²) in [5.74, 6) is -0.750. The topological polar surface area (TPSA) is 112 Å². The molecule has 162 valence electrons. The van der Waals surface area contributed by atoms with E-state index in [9.17, 15) is 21.6 Å². The fraction of sp³-hybridized carbons (Fsp3) is 0.526. The number of ether oxygens (including phenoxy) is 1. The lowest BCUT2D eigenvalue weighted by Gasteiger charge is -2.10. The van der Waals surface area contributed by atoms with E-state index in [1.165, 1.54) is 25.3 Å². The van der Waals surface area contributed by atoms with Crippen molar-refractivity contribution in [2.24, 2.45) is 0 Å². The average Bonchev–Trinajstić information content (AvgIpc) is 2.95. The largest absolute Gasteiger partial charge is 0.465 e. The van der Waals surface area contributed by atoms with Gasteiger partial charge in [-0.2, -0.15) is 0 Å². The highest BCUT2D eigenvalue weighted by Crippen LogP contribution is 2.31. The molecule has 0 unspecified atom stereocenters. The summed E-state index contributed by atoms with van der Waals surface area (Å²) in [6.45, 7) is 5.34. The molecule has 0 spiro atoms. The van der Waals surface area contributed by atoms with Crippen LogP contribution in [0.2, 0.25) is 0 Å². The van der Waals surface area contributed by atoms with Gasteiger partial charge in [0.25, 0.3) is 0 Å². The van der Waals surface area contributed by atoms with Crippen LogP contribution in [0.5, 0.6) is 0 Å². The summed E-state index contributed by atoms with van der Waals surface area (Å²) < 4.78 is 58.7. The zero-order valence-electron chi connectivity index (χ0n) is 17.2. The first-order chi connectivity index (χ1) is 13.6. The van der Waals surface area contributed by atoms with Gasteiger partial charge in [0, 0.05) is 16.8 Å². The molecule has 1 aromatic carbocycles. The van der Waals surface area contributed by atoms with Crippen molar-refractivity contribution in [3.8, 4) is 0 Å². The molecule has 0 radical (unpaired) electrons. The molecule has 8 nitrogen and oxygen atoms in total. The highest BCUT2D eigenvalue weighted by atomic mass is 32.2. The molecule has 29 heavy (non-hydrogen) atoms. The zero-order chi connectivity index (χ0) is 21.8. The van der Waals surface area contributed by atoms with Crippen molar-refractivity contribution in [3.63, 3.8) is 0 Å². The summed E-state index contributed by atoms with van der Waals surface area (Å²) in [5.41, 5.74) is 0.934. The van der Waals surface area contributed by atoms with E-state index >= 15 is 0 Å². The monoisotopic (exact) mass is 444 g/mol. The van der Waals surface area contributed by atoms with E-state index in [2.05, 4.69) is 4.72 Å². The number of sulfonamides is 1. The first kappa shape index (κ1) is 23.2. The maximum absolute atomic E-state index is 12.9. The number of fused-ring (bicyclic) bond motifs is 1. The van der Waals surface area contributed by atoms with Gasteiger partial charge in [0.1, 0.15) is 0 Å². The molecule has 10 heteroatoms. The molecule has 2 aromatic rings. The number of carbonyl (C=O) groups is 1. The van der Waals surface area contributed by atoms with Crippen LogP contribution in [-0.2, 0) is 24.8 Å². The van der Waals surface area contributed by atoms with Gasteiger partial charge >= 0.3 is 5.97 Å². The second-order valence-corrected chi connectivity index (χ2v) is 10.7. The summed E-state index contributed by atoms with van der Waals surface area (Å²) in [5, 5.41) is 0.324. The normalized spacial score (nSPS) is 12.3. The second-order valence-electron chi connectivity index (χ2n) is 6.89. The molecule has 0 bridgehead atoms.